The first-order valence-electron chi connectivity index (χ1n) is 14.9. The maximum Gasteiger partial charge on any atom is 0.460 e. The summed E-state index contributed by atoms with van der Waals surface area (Å²) in [6, 6.07) is 8.00. The Morgan fingerprint density at radius 1 is 0.500 bits per heavy atom. The van der Waals surface area contributed by atoms with E-state index in [1.54, 1.807) is 0 Å². The summed E-state index contributed by atoms with van der Waals surface area (Å²) in [7, 11) is -6.97. The van der Waals surface area contributed by atoms with Crippen LogP contribution in [-0.4, -0.2) is 55.8 Å². The highest BCUT2D eigenvalue weighted by atomic mass is 32.2. The van der Waals surface area contributed by atoms with E-state index in [2.05, 4.69) is 4.18 Å². The molecule has 2 saturated carbocycles. The van der Waals surface area contributed by atoms with Gasteiger partial charge in [0.2, 0.25) is 0 Å². The lowest BCUT2D eigenvalue weighted by Gasteiger charge is -2.34. The van der Waals surface area contributed by atoms with Crippen LogP contribution in [0.1, 0.15) is 62.5 Å². The lowest BCUT2D eigenvalue weighted by atomic mass is 9.95. The summed E-state index contributed by atoms with van der Waals surface area (Å²) in [5.41, 5.74) is -1.66. The normalized spacial score (nSPS) is 20.2. The highest BCUT2D eigenvalue weighted by molar-refractivity contribution is 7.87. The van der Waals surface area contributed by atoms with Gasteiger partial charge >= 0.3 is 45.7 Å². The zero-order chi connectivity index (χ0) is 39.6. The molecular formula is C30H27F15O6S. The molecule has 0 aliphatic heterocycles. The lowest BCUT2D eigenvalue weighted by molar-refractivity contribution is -0.382. The second-order valence-corrected chi connectivity index (χ2v) is 13.2. The first-order valence-corrected chi connectivity index (χ1v) is 16.3. The average molecular weight is 801 g/mol. The zero-order valence-corrected chi connectivity index (χ0v) is 26.9. The summed E-state index contributed by atoms with van der Waals surface area (Å²) < 4.78 is 229. The third-order valence-electron chi connectivity index (χ3n) is 7.77. The minimum absolute atomic E-state index is 0.0365. The van der Waals surface area contributed by atoms with Crippen molar-refractivity contribution in [3.8, 4) is 11.5 Å². The number of Topliss-reactive ketones (excluding diaryl/α,β-unsaturated/α-hetero) is 1. The van der Waals surface area contributed by atoms with Crippen LogP contribution in [0.4, 0.5) is 65.9 Å². The maximum absolute atomic E-state index is 13.7. The number of ether oxygens (including phenoxy) is 2. The van der Waals surface area contributed by atoms with Gasteiger partial charge in [-0.1, -0.05) is 0 Å². The van der Waals surface area contributed by atoms with Crippen LogP contribution in [0, 0.1) is 0 Å². The molecule has 0 radical (unpaired) electrons. The van der Waals surface area contributed by atoms with Gasteiger partial charge in [0.25, 0.3) is 0 Å². The van der Waals surface area contributed by atoms with Crippen molar-refractivity contribution in [1.29, 1.82) is 0 Å². The predicted molar refractivity (Wildman–Crippen MR) is 148 cm³/mol. The van der Waals surface area contributed by atoms with Gasteiger partial charge in [-0.3, -0.25) is 8.98 Å². The van der Waals surface area contributed by atoms with E-state index in [9.17, 15) is 79.1 Å². The number of benzene rings is 2. The molecule has 4 rings (SSSR count). The van der Waals surface area contributed by atoms with E-state index in [1.807, 2.05) is 0 Å². The molecule has 2 aliphatic rings. The summed E-state index contributed by atoms with van der Waals surface area (Å²) in [5.74, 6) is -14.2. The van der Waals surface area contributed by atoms with E-state index >= 15 is 0 Å². The number of alkyl halides is 15. The van der Waals surface area contributed by atoms with Crippen LogP contribution in [0.2, 0.25) is 0 Å². The fraction of sp³-hybridized carbons (Fsp3) is 0.567. The fourth-order valence-electron chi connectivity index (χ4n) is 4.86. The van der Waals surface area contributed by atoms with Crippen molar-refractivity contribution in [2.75, 3.05) is 0 Å². The molecule has 0 bridgehead atoms. The largest absolute Gasteiger partial charge is 0.490 e. The van der Waals surface area contributed by atoms with Crippen molar-refractivity contribution >= 4 is 15.9 Å². The van der Waals surface area contributed by atoms with Crippen LogP contribution < -0.4 is 9.47 Å². The second kappa shape index (κ2) is 15.5. The summed E-state index contributed by atoms with van der Waals surface area (Å²) in [6.45, 7) is 0. The number of ketones is 1. The number of halogens is 15. The summed E-state index contributed by atoms with van der Waals surface area (Å²) in [6.07, 6.45) is -17.9. The van der Waals surface area contributed by atoms with Gasteiger partial charge in [0.05, 0.1) is 29.4 Å². The molecule has 2 aromatic carbocycles. The van der Waals surface area contributed by atoms with Gasteiger partial charge in [-0.05, 0) is 87.1 Å². The SMILES string of the molecule is O=C1CCC(Oc2ccc(C(F)(F)F)cc2)CC1.O=S(=O)(OC1CCC(Oc2ccc(C(F)(F)F)cc2)CC1)C(F)(F)C(F)(F)C(F)(F)C(F)(F)F. The van der Waals surface area contributed by atoms with Crippen molar-refractivity contribution in [3.05, 3.63) is 59.7 Å². The Labute approximate surface area is 285 Å². The molecule has 0 spiro atoms. The molecule has 0 N–H and O–H groups in total. The molecule has 0 saturated heterocycles. The maximum atomic E-state index is 13.7. The van der Waals surface area contributed by atoms with E-state index in [-0.39, 0.29) is 30.5 Å². The monoisotopic (exact) mass is 800 g/mol. The van der Waals surface area contributed by atoms with Gasteiger partial charge in [-0.25, -0.2) is 0 Å². The van der Waals surface area contributed by atoms with Crippen molar-refractivity contribution in [3.63, 3.8) is 0 Å². The highest BCUT2D eigenvalue weighted by Gasteiger charge is 2.86. The Morgan fingerprint density at radius 3 is 1.19 bits per heavy atom. The van der Waals surface area contributed by atoms with Crippen LogP contribution in [0.25, 0.3) is 0 Å². The van der Waals surface area contributed by atoms with E-state index in [4.69, 9.17) is 9.47 Å². The summed E-state index contributed by atoms with van der Waals surface area (Å²) in [5, 5.41) is -6.94. The molecule has 52 heavy (non-hydrogen) atoms. The first-order chi connectivity index (χ1) is 23.6. The summed E-state index contributed by atoms with van der Waals surface area (Å²) in [4.78, 5) is 11.0. The minimum Gasteiger partial charge on any atom is -0.490 e. The van der Waals surface area contributed by atoms with Crippen LogP contribution in [0.3, 0.4) is 0 Å². The van der Waals surface area contributed by atoms with Gasteiger partial charge < -0.3 is 9.47 Å². The van der Waals surface area contributed by atoms with E-state index in [0.29, 0.717) is 43.6 Å². The Balaban J connectivity index is 0.000000338. The fourth-order valence-corrected chi connectivity index (χ4v) is 5.98. The van der Waals surface area contributed by atoms with Crippen molar-refractivity contribution in [2.45, 2.75) is 105 Å². The minimum atomic E-state index is -7.40. The molecule has 294 valence electrons. The molecule has 22 heteroatoms. The number of carbonyl (C=O) groups is 1. The van der Waals surface area contributed by atoms with Crippen LogP contribution >= 0.6 is 0 Å². The van der Waals surface area contributed by atoms with Crippen molar-refractivity contribution in [1.82, 2.24) is 0 Å². The van der Waals surface area contributed by atoms with Crippen molar-refractivity contribution in [2.24, 2.45) is 0 Å². The third kappa shape index (κ3) is 10.2. The Morgan fingerprint density at radius 2 is 0.846 bits per heavy atom. The Hall–Kier alpha value is -3.43. The van der Waals surface area contributed by atoms with Crippen LogP contribution in [0.5, 0.6) is 11.5 Å². The molecule has 0 unspecified atom stereocenters. The second-order valence-electron chi connectivity index (χ2n) is 11.6. The molecular weight excluding hydrogens is 773 g/mol. The molecule has 2 aliphatic carbocycles. The van der Waals surface area contributed by atoms with E-state index in [0.717, 1.165) is 24.3 Å². The van der Waals surface area contributed by atoms with Gasteiger partial charge in [0.1, 0.15) is 17.3 Å². The first kappa shape index (κ1) is 43.0. The zero-order valence-electron chi connectivity index (χ0n) is 26.0. The number of hydrogen-bond acceptors (Lipinski definition) is 6. The number of carbonyl (C=O) groups excluding carboxylic acids is 1. The molecule has 0 amide bonds. The number of hydrogen-bond donors (Lipinski definition) is 0. The Bertz CT molecular complexity index is 1590. The molecule has 6 nitrogen and oxygen atoms in total. The topological polar surface area (TPSA) is 78.9 Å². The van der Waals surface area contributed by atoms with Crippen molar-refractivity contribution < 1.29 is 92.7 Å². The summed E-state index contributed by atoms with van der Waals surface area (Å²) >= 11 is 0. The van der Waals surface area contributed by atoms with Gasteiger partial charge in [0.15, 0.2) is 0 Å². The quantitative estimate of drug-likeness (QED) is 0.186. The van der Waals surface area contributed by atoms with Gasteiger partial charge in [-0.15, -0.1) is 0 Å². The standard InChI is InChI=1S/C17H14F12O4S.C13H13F3O2/c18-13(19,20)9-1-3-10(4-2-9)32-11-5-7-12(8-6-11)33-34(30,31)17(28,29)15(23,24)14(21,22)16(25,26)27;14-13(15,16)9-1-5-11(6-2-9)18-12-7-3-10(17)4-8-12/h1-4,11-12H,5-8H2;1-2,5-6,12H,3-4,7-8H2. The molecule has 0 heterocycles. The smallest absolute Gasteiger partial charge is 0.460 e. The highest BCUT2D eigenvalue weighted by Crippen LogP contribution is 2.55. The molecule has 0 atom stereocenters. The molecule has 2 aromatic rings. The van der Waals surface area contributed by atoms with Gasteiger partial charge in [-0.2, -0.15) is 74.3 Å². The number of rotatable bonds is 9. The average Bonchev–Trinajstić information content (AvgIpc) is 3.02. The van der Waals surface area contributed by atoms with Crippen LogP contribution in [0.15, 0.2) is 48.5 Å². The van der Waals surface area contributed by atoms with E-state index in [1.165, 1.54) is 12.1 Å². The van der Waals surface area contributed by atoms with Gasteiger partial charge in [0, 0.05) is 12.8 Å². The lowest BCUT2D eigenvalue weighted by Crippen LogP contribution is -2.63. The molecule has 2 fully saturated rings. The third-order valence-corrected chi connectivity index (χ3v) is 9.18. The van der Waals surface area contributed by atoms with E-state index < -0.39 is 81.9 Å². The molecule has 0 aromatic heterocycles. The predicted octanol–water partition coefficient (Wildman–Crippen LogP) is 9.76. The van der Waals surface area contributed by atoms with Crippen LogP contribution in [-0.2, 0) is 31.4 Å². The Kier molecular flexibility index (Phi) is 12.8.